The van der Waals surface area contributed by atoms with E-state index in [0.717, 1.165) is 11.8 Å². The summed E-state index contributed by atoms with van der Waals surface area (Å²) in [4.78, 5) is 0. The second-order valence-electron chi connectivity index (χ2n) is 12.7. The minimum atomic E-state index is 0.438. The van der Waals surface area contributed by atoms with Crippen molar-refractivity contribution in [3.8, 4) is 0 Å². The average Bonchev–Trinajstić information content (AvgIpc) is 2.33. The second kappa shape index (κ2) is 5.50. The maximum atomic E-state index is 2.66. The fourth-order valence-corrected chi connectivity index (χ4v) is 6.98. The lowest BCUT2D eigenvalue weighted by molar-refractivity contribution is -0.0555. The molecule has 3 atom stereocenters. The van der Waals surface area contributed by atoms with Gasteiger partial charge in [-0.2, -0.15) is 0 Å². The van der Waals surface area contributed by atoms with Gasteiger partial charge in [-0.25, -0.2) is 0 Å². The van der Waals surface area contributed by atoms with Gasteiger partial charge in [-0.15, -0.1) is 0 Å². The van der Waals surface area contributed by atoms with Gasteiger partial charge in [-0.05, 0) is 77.4 Å². The Bertz CT molecular complexity index is 437. The zero-order valence-corrected chi connectivity index (χ0v) is 17.9. The van der Waals surface area contributed by atoms with E-state index in [2.05, 4.69) is 69.2 Å². The van der Waals surface area contributed by atoms with Crippen LogP contribution in [0.4, 0.5) is 0 Å². The molecule has 0 aliphatic heterocycles. The molecule has 0 radical (unpaired) electrons. The molecule has 0 saturated heterocycles. The first-order valence-corrected chi connectivity index (χ1v) is 10.1. The van der Waals surface area contributed by atoms with E-state index in [-0.39, 0.29) is 0 Å². The van der Waals surface area contributed by atoms with E-state index in [1.807, 2.05) is 0 Å². The minimum Gasteiger partial charge on any atom is -0.0620 e. The summed E-state index contributed by atoms with van der Waals surface area (Å²) in [7, 11) is 0. The van der Waals surface area contributed by atoms with E-state index in [1.165, 1.54) is 38.5 Å². The average molecular weight is 321 g/mol. The van der Waals surface area contributed by atoms with Crippen LogP contribution in [0.1, 0.15) is 108 Å². The van der Waals surface area contributed by atoms with Crippen LogP contribution in [0.25, 0.3) is 0 Å². The first-order valence-electron chi connectivity index (χ1n) is 10.1. The molecule has 0 aromatic rings. The highest BCUT2D eigenvalue weighted by molar-refractivity contribution is 5.04. The van der Waals surface area contributed by atoms with E-state index in [0.29, 0.717) is 27.1 Å². The lowest BCUT2D eigenvalue weighted by Gasteiger charge is -2.55. The van der Waals surface area contributed by atoms with Gasteiger partial charge in [0.25, 0.3) is 0 Å². The molecule has 0 amide bonds. The minimum absolute atomic E-state index is 0.438. The van der Waals surface area contributed by atoms with Crippen molar-refractivity contribution in [2.45, 2.75) is 108 Å². The van der Waals surface area contributed by atoms with Gasteiger partial charge in [-0.1, -0.05) is 69.2 Å². The molecule has 0 aromatic carbocycles. The molecule has 0 N–H and O–H groups in total. The van der Waals surface area contributed by atoms with Crippen LogP contribution < -0.4 is 0 Å². The Balaban J connectivity index is 2.56. The van der Waals surface area contributed by atoms with Crippen molar-refractivity contribution in [3.05, 3.63) is 0 Å². The predicted octanol–water partition coefficient (Wildman–Crippen LogP) is 7.72. The number of fused-ring (bicyclic) bond motifs is 1. The van der Waals surface area contributed by atoms with Gasteiger partial charge in [0.05, 0.1) is 0 Å². The maximum absolute atomic E-state index is 2.66. The first-order chi connectivity index (χ1) is 10.1. The zero-order valence-electron chi connectivity index (χ0n) is 17.9. The molecule has 2 fully saturated rings. The molecule has 0 heteroatoms. The number of hydrogen-bond donors (Lipinski definition) is 0. The van der Waals surface area contributed by atoms with Crippen molar-refractivity contribution in [2.75, 3.05) is 0 Å². The molecule has 0 aromatic heterocycles. The highest BCUT2D eigenvalue weighted by Crippen LogP contribution is 2.64. The SMILES string of the molecule is CC1CC(C)(C)CC(C)(C)C2CC(C)(C)CCC(C)(C)CC12C. The predicted molar refractivity (Wildman–Crippen MR) is 104 cm³/mol. The maximum Gasteiger partial charge on any atom is -0.0261 e. The number of hydrogen-bond acceptors (Lipinski definition) is 0. The van der Waals surface area contributed by atoms with Gasteiger partial charge in [-0.3, -0.25) is 0 Å². The standard InChI is InChI=1S/C23H44/c1-17-13-21(6,7)15-22(8,9)18-14-19(2,3)11-12-20(4,5)16-23(17,18)10/h17-18H,11-16H2,1-10H3. The van der Waals surface area contributed by atoms with E-state index in [4.69, 9.17) is 0 Å². The molecule has 2 aliphatic rings. The third-order valence-corrected chi connectivity index (χ3v) is 7.75. The second-order valence-corrected chi connectivity index (χ2v) is 12.7. The van der Waals surface area contributed by atoms with Gasteiger partial charge in [0, 0.05) is 0 Å². The largest absolute Gasteiger partial charge is 0.0620 e. The molecule has 0 spiro atoms. The Kier molecular flexibility index (Phi) is 4.62. The molecule has 3 unspecified atom stereocenters. The van der Waals surface area contributed by atoms with Crippen molar-refractivity contribution in [2.24, 2.45) is 38.9 Å². The number of rotatable bonds is 0. The Morgan fingerprint density at radius 2 is 1.13 bits per heavy atom. The van der Waals surface area contributed by atoms with Crippen molar-refractivity contribution in [3.63, 3.8) is 0 Å². The first kappa shape index (κ1) is 19.3. The van der Waals surface area contributed by atoms with Crippen LogP contribution in [0, 0.1) is 38.9 Å². The molecule has 23 heavy (non-hydrogen) atoms. The van der Waals surface area contributed by atoms with Gasteiger partial charge in [0.15, 0.2) is 0 Å². The molecule has 0 bridgehead atoms. The van der Waals surface area contributed by atoms with E-state index in [9.17, 15) is 0 Å². The summed E-state index contributed by atoms with van der Waals surface area (Å²) in [6, 6.07) is 0. The van der Waals surface area contributed by atoms with Gasteiger partial charge >= 0.3 is 0 Å². The van der Waals surface area contributed by atoms with Crippen LogP contribution in [-0.2, 0) is 0 Å². The summed E-state index contributed by atoms with van der Waals surface area (Å²) in [5, 5.41) is 0. The van der Waals surface area contributed by atoms with E-state index >= 15 is 0 Å². The van der Waals surface area contributed by atoms with E-state index in [1.54, 1.807) is 0 Å². The topological polar surface area (TPSA) is 0 Å². The fraction of sp³-hybridized carbons (Fsp3) is 1.00. The Labute approximate surface area is 147 Å². The van der Waals surface area contributed by atoms with Crippen molar-refractivity contribution in [1.82, 2.24) is 0 Å². The summed E-state index contributed by atoms with van der Waals surface area (Å²) in [5.74, 6) is 1.65. The van der Waals surface area contributed by atoms with Gasteiger partial charge in [0.2, 0.25) is 0 Å². The molecule has 2 rings (SSSR count). The third kappa shape index (κ3) is 3.98. The van der Waals surface area contributed by atoms with Crippen LogP contribution in [0.15, 0.2) is 0 Å². The zero-order chi connectivity index (χ0) is 17.9. The van der Waals surface area contributed by atoms with Crippen molar-refractivity contribution < 1.29 is 0 Å². The Morgan fingerprint density at radius 1 is 0.609 bits per heavy atom. The van der Waals surface area contributed by atoms with Crippen LogP contribution in [0.2, 0.25) is 0 Å². The van der Waals surface area contributed by atoms with E-state index < -0.39 is 0 Å². The Hall–Kier alpha value is 0. The lowest BCUT2D eigenvalue weighted by Crippen LogP contribution is -2.46. The summed E-state index contributed by atoms with van der Waals surface area (Å²) in [6.45, 7) is 25.6. The lowest BCUT2D eigenvalue weighted by atomic mass is 9.50. The highest BCUT2D eigenvalue weighted by Gasteiger charge is 2.55. The molecule has 2 aliphatic carbocycles. The molecule has 0 heterocycles. The summed E-state index contributed by atoms with van der Waals surface area (Å²) in [5.41, 5.74) is 2.34. The smallest absolute Gasteiger partial charge is 0.0261 e. The molecule has 0 nitrogen and oxygen atoms in total. The Morgan fingerprint density at radius 3 is 1.70 bits per heavy atom. The molecule has 2 saturated carbocycles. The molecular weight excluding hydrogens is 276 g/mol. The molecular formula is C23H44. The van der Waals surface area contributed by atoms with Gasteiger partial charge < -0.3 is 0 Å². The van der Waals surface area contributed by atoms with Gasteiger partial charge in [0.1, 0.15) is 0 Å². The summed E-state index contributed by atoms with van der Waals surface area (Å²) < 4.78 is 0. The highest BCUT2D eigenvalue weighted by atomic mass is 14.6. The van der Waals surface area contributed by atoms with Crippen LogP contribution in [0.5, 0.6) is 0 Å². The third-order valence-electron chi connectivity index (χ3n) is 7.75. The van der Waals surface area contributed by atoms with Crippen LogP contribution >= 0.6 is 0 Å². The fourth-order valence-electron chi connectivity index (χ4n) is 6.98. The summed E-state index contributed by atoms with van der Waals surface area (Å²) >= 11 is 0. The quantitative estimate of drug-likeness (QED) is 0.428. The summed E-state index contributed by atoms with van der Waals surface area (Å²) in [6.07, 6.45) is 8.36. The normalized spacial score (nSPS) is 42.0. The monoisotopic (exact) mass is 320 g/mol. The van der Waals surface area contributed by atoms with Crippen LogP contribution in [-0.4, -0.2) is 0 Å². The van der Waals surface area contributed by atoms with Crippen LogP contribution in [0.3, 0.4) is 0 Å². The molecule has 136 valence electrons. The van der Waals surface area contributed by atoms with Crippen molar-refractivity contribution in [1.29, 1.82) is 0 Å². The van der Waals surface area contributed by atoms with Crippen molar-refractivity contribution >= 4 is 0 Å².